The van der Waals surface area contributed by atoms with Crippen molar-refractivity contribution in [3.63, 3.8) is 0 Å². The molecule has 2 heterocycles. The zero-order valence-electron chi connectivity index (χ0n) is 8.66. The van der Waals surface area contributed by atoms with Crippen LogP contribution < -0.4 is 0 Å². The molecule has 0 saturated heterocycles. The van der Waals surface area contributed by atoms with Crippen LogP contribution in [0, 0.1) is 12.7 Å². The molecular weight excluding hydrogens is 240 g/mol. The van der Waals surface area contributed by atoms with Crippen molar-refractivity contribution in [2.45, 2.75) is 19.2 Å². The van der Waals surface area contributed by atoms with Crippen molar-refractivity contribution in [1.29, 1.82) is 0 Å². The fourth-order valence-electron chi connectivity index (χ4n) is 1.57. The molecule has 2 aromatic rings. The van der Waals surface area contributed by atoms with Gasteiger partial charge in [0.25, 0.3) is 0 Å². The maximum Gasteiger partial charge on any atom is 0.420 e. The molecule has 0 bridgehead atoms. The third-order valence-corrected chi connectivity index (χ3v) is 2.43. The standard InChI is InChI=1S/C10H8F4N2O/c1-5-8(9(17)10(12,13)14)15-7-3-2-6(11)4-16(5)7/h2-4,9,17H,1H3. The summed E-state index contributed by atoms with van der Waals surface area (Å²) < 4.78 is 51.1. The molecule has 0 aromatic carbocycles. The Morgan fingerprint density at radius 2 is 2.00 bits per heavy atom. The molecule has 0 aliphatic heterocycles. The van der Waals surface area contributed by atoms with E-state index in [1.54, 1.807) is 0 Å². The predicted octanol–water partition coefficient (Wildman–Crippen LogP) is 2.38. The number of halogens is 4. The second kappa shape index (κ2) is 3.69. The second-order valence-electron chi connectivity index (χ2n) is 3.60. The third kappa shape index (κ3) is 1.97. The van der Waals surface area contributed by atoms with Crippen molar-refractivity contribution in [2.24, 2.45) is 0 Å². The van der Waals surface area contributed by atoms with Gasteiger partial charge < -0.3 is 9.51 Å². The number of rotatable bonds is 1. The summed E-state index contributed by atoms with van der Waals surface area (Å²) in [5.41, 5.74) is -0.297. The Labute approximate surface area is 93.3 Å². The lowest BCUT2D eigenvalue weighted by Crippen LogP contribution is -2.21. The van der Waals surface area contributed by atoms with Crippen LogP contribution in [0.15, 0.2) is 18.3 Å². The average molecular weight is 248 g/mol. The number of hydrogen-bond acceptors (Lipinski definition) is 2. The van der Waals surface area contributed by atoms with Gasteiger partial charge in [0.15, 0.2) is 6.10 Å². The zero-order chi connectivity index (χ0) is 12.8. The fraction of sp³-hybridized carbons (Fsp3) is 0.300. The molecule has 0 fully saturated rings. The minimum atomic E-state index is -4.79. The number of aliphatic hydroxyl groups is 1. The SMILES string of the molecule is Cc1c(C(O)C(F)(F)F)nc2ccc(F)cn12. The number of aliphatic hydroxyl groups excluding tert-OH is 1. The van der Waals surface area contributed by atoms with E-state index in [2.05, 4.69) is 4.98 Å². The van der Waals surface area contributed by atoms with Gasteiger partial charge in [-0.1, -0.05) is 0 Å². The molecule has 0 amide bonds. The van der Waals surface area contributed by atoms with Gasteiger partial charge in [-0.25, -0.2) is 9.37 Å². The molecule has 92 valence electrons. The summed E-state index contributed by atoms with van der Waals surface area (Å²) in [6, 6.07) is 2.33. The first-order chi connectivity index (χ1) is 7.80. The van der Waals surface area contributed by atoms with E-state index in [1.165, 1.54) is 17.4 Å². The molecule has 2 aromatic heterocycles. The van der Waals surface area contributed by atoms with Crippen LogP contribution >= 0.6 is 0 Å². The Morgan fingerprint density at radius 1 is 1.35 bits per heavy atom. The van der Waals surface area contributed by atoms with Crippen molar-refractivity contribution >= 4 is 5.65 Å². The molecule has 0 saturated carbocycles. The van der Waals surface area contributed by atoms with Crippen LogP contribution in [0.4, 0.5) is 17.6 Å². The second-order valence-corrected chi connectivity index (χ2v) is 3.60. The number of nitrogens with zero attached hydrogens (tertiary/aromatic N) is 2. The molecule has 0 radical (unpaired) electrons. The van der Waals surface area contributed by atoms with Crippen LogP contribution in [0.1, 0.15) is 17.5 Å². The minimum Gasteiger partial charge on any atom is -0.378 e. The van der Waals surface area contributed by atoms with Crippen LogP contribution in [-0.2, 0) is 0 Å². The van der Waals surface area contributed by atoms with Crippen molar-refractivity contribution in [3.05, 3.63) is 35.5 Å². The van der Waals surface area contributed by atoms with E-state index in [0.717, 1.165) is 12.3 Å². The summed E-state index contributed by atoms with van der Waals surface area (Å²) >= 11 is 0. The van der Waals surface area contributed by atoms with Gasteiger partial charge in [-0.05, 0) is 19.1 Å². The Kier molecular flexibility index (Phi) is 2.57. The van der Waals surface area contributed by atoms with Crippen molar-refractivity contribution in [1.82, 2.24) is 9.38 Å². The summed E-state index contributed by atoms with van der Waals surface area (Å²) in [4.78, 5) is 3.65. The van der Waals surface area contributed by atoms with Crippen LogP contribution in [-0.4, -0.2) is 20.7 Å². The molecule has 0 aliphatic carbocycles. The maximum absolute atomic E-state index is 12.9. The molecule has 3 nitrogen and oxygen atoms in total. The molecule has 1 unspecified atom stereocenters. The van der Waals surface area contributed by atoms with Crippen LogP contribution in [0.2, 0.25) is 0 Å². The highest BCUT2D eigenvalue weighted by molar-refractivity contribution is 5.43. The maximum atomic E-state index is 12.9. The summed E-state index contributed by atoms with van der Waals surface area (Å²) in [6.07, 6.45) is -6.43. The lowest BCUT2D eigenvalue weighted by atomic mass is 10.2. The highest BCUT2D eigenvalue weighted by atomic mass is 19.4. The van der Waals surface area contributed by atoms with E-state index in [1.807, 2.05) is 0 Å². The summed E-state index contributed by atoms with van der Waals surface area (Å²) in [5.74, 6) is -0.592. The predicted molar refractivity (Wildman–Crippen MR) is 50.9 cm³/mol. The smallest absolute Gasteiger partial charge is 0.378 e. The van der Waals surface area contributed by atoms with Gasteiger partial charge in [0.05, 0.1) is 0 Å². The molecule has 2 rings (SSSR count). The van der Waals surface area contributed by atoms with Gasteiger partial charge in [-0.15, -0.1) is 0 Å². The van der Waals surface area contributed by atoms with Gasteiger partial charge in [0.2, 0.25) is 0 Å². The van der Waals surface area contributed by atoms with E-state index in [-0.39, 0.29) is 11.3 Å². The number of aryl methyl sites for hydroxylation is 1. The van der Waals surface area contributed by atoms with Gasteiger partial charge in [0.1, 0.15) is 17.2 Å². The van der Waals surface area contributed by atoms with Gasteiger partial charge >= 0.3 is 6.18 Å². The molecule has 0 spiro atoms. The first-order valence-electron chi connectivity index (χ1n) is 4.69. The van der Waals surface area contributed by atoms with E-state index >= 15 is 0 Å². The van der Waals surface area contributed by atoms with Gasteiger partial charge in [0, 0.05) is 11.9 Å². The Hall–Kier alpha value is -1.63. The number of pyridine rings is 1. The Morgan fingerprint density at radius 3 is 2.59 bits per heavy atom. The van der Waals surface area contributed by atoms with E-state index in [4.69, 9.17) is 5.11 Å². The first kappa shape index (κ1) is 11.8. The molecule has 1 atom stereocenters. The van der Waals surface area contributed by atoms with Crippen LogP contribution in [0.25, 0.3) is 5.65 Å². The first-order valence-corrected chi connectivity index (χ1v) is 4.69. The zero-order valence-corrected chi connectivity index (χ0v) is 8.66. The van der Waals surface area contributed by atoms with Crippen LogP contribution in [0.5, 0.6) is 0 Å². The van der Waals surface area contributed by atoms with E-state index < -0.39 is 23.8 Å². The van der Waals surface area contributed by atoms with Crippen molar-refractivity contribution in [3.8, 4) is 0 Å². The lowest BCUT2D eigenvalue weighted by Gasteiger charge is -2.12. The molecule has 1 N–H and O–H groups in total. The third-order valence-electron chi connectivity index (χ3n) is 2.43. The number of hydrogen-bond donors (Lipinski definition) is 1. The highest BCUT2D eigenvalue weighted by Gasteiger charge is 2.42. The van der Waals surface area contributed by atoms with Gasteiger partial charge in [-0.3, -0.25) is 0 Å². The van der Waals surface area contributed by atoms with E-state index in [0.29, 0.717) is 0 Å². The summed E-state index contributed by atoms with van der Waals surface area (Å²) in [5, 5.41) is 9.11. The van der Waals surface area contributed by atoms with Gasteiger partial charge in [-0.2, -0.15) is 13.2 Å². The monoisotopic (exact) mass is 248 g/mol. The largest absolute Gasteiger partial charge is 0.420 e. The highest BCUT2D eigenvalue weighted by Crippen LogP contribution is 2.33. The Bertz CT molecular complexity index is 561. The molecule has 7 heteroatoms. The quantitative estimate of drug-likeness (QED) is 0.787. The number of aromatic nitrogens is 2. The topological polar surface area (TPSA) is 37.5 Å². The van der Waals surface area contributed by atoms with E-state index in [9.17, 15) is 17.6 Å². The minimum absolute atomic E-state index is 0.0596. The Balaban J connectivity index is 2.60. The molecular formula is C10H8F4N2O. The number of alkyl halides is 3. The van der Waals surface area contributed by atoms with Crippen LogP contribution in [0.3, 0.4) is 0 Å². The fourth-order valence-corrected chi connectivity index (χ4v) is 1.57. The normalized spacial score (nSPS) is 14.2. The lowest BCUT2D eigenvalue weighted by molar-refractivity contribution is -0.208. The number of imidazole rings is 1. The summed E-state index contributed by atoms with van der Waals surface area (Å²) in [6.45, 7) is 1.34. The van der Waals surface area contributed by atoms with Crippen molar-refractivity contribution in [2.75, 3.05) is 0 Å². The molecule has 17 heavy (non-hydrogen) atoms. The van der Waals surface area contributed by atoms with Crippen molar-refractivity contribution < 1.29 is 22.7 Å². The summed E-state index contributed by atoms with van der Waals surface area (Å²) in [7, 11) is 0. The average Bonchev–Trinajstić information content (AvgIpc) is 2.54. The molecule has 0 aliphatic rings. The number of fused-ring (bicyclic) bond motifs is 1.